The molecule has 4 atom stereocenters. The van der Waals surface area contributed by atoms with Crippen LogP contribution < -0.4 is 10.2 Å². The maximum Gasteiger partial charge on any atom is 0.338 e. The molecule has 178 valence electrons. The first-order valence-electron chi connectivity index (χ1n) is 10.3. The molecule has 3 amide bonds. The summed E-state index contributed by atoms with van der Waals surface area (Å²) in [6.07, 6.45) is 0.629. The number of carbonyl (C=O) groups is 4. The zero-order chi connectivity index (χ0) is 24.6. The van der Waals surface area contributed by atoms with Gasteiger partial charge in [0.05, 0.1) is 49.6 Å². The van der Waals surface area contributed by atoms with Crippen molar-refractivity contribution in [1.82, 2.24) is 0 Å². The van der Waals surface area contributed by atoms with E-state index in [9.17, 15) is 19.2 Å². The quantitative estimate of drug-likeness (QED) is 0.329. The first-order chi connectivity index (χ1) is 16.2. The topological polar surface area (TPSA) is 92.8 Å². The SMILES string of the molecule is O=C(COC(=O)c1cccc(N2C(=O)[C@@H]3C[C@H](Cl)[C@@H](Cl)C[C@H]3C2=O)c1)Nc1cccc(Cl)c1Cl. The molecule has 0 bridgehead atoms. The molecule has 11 heteroatoms. The van der Waals surface area contributed by atoms with Gasteiger partial charge in [-0.25, -0.2) is 4.79 Å². The lowest BCUT2D eigenvalue weighted by Gasteiger charge is -2.28. The minimum Gasteiger partial charge on any atom is -0.452 e. The van der Waals surface area contributed by atoms with Gasteiger partial charge in [-0.05, 0) is 43.2 Å². The minimum atomic E-state index is -0.799. The summed E-state index contributed by atoms with van der Waals surface area (Å²) < 4.78 is 5.08. The molecule has 1 aliphatic carbocycles. The van der Waals surface area contributed by atoms with E-state index in [4.69, 9.17) is 51.1 Å². The van der Waals surface area contributed by atoms with Crippen LogP contribution in [0.2, 0.25) is 10.0 Å². The molecule has 1 heterocycles. The lowest BCUT2D eigenvalue weighted by atomic mass is 9.80. The lowest BCUT2D eigenvalue weighted by molar-refractivity contribution is -0.122. The standard InChI is InChI=1S/C23H18Cl4N2O5/c24-15-5-2-6-18(20(15)27)28-19(30)10-34-23(33)11-3-1-4-12(7-11)29-21(31)13-8-16(25)17(26)9-14(13)22(29)32/h1-7,13-14,16-17H,8-10H2,(H,28,30)/t13-,14-,16+,17+/m1/s1. The normalized spacial score (nSPS) is 24.1. The van der Waals surface area contributed by atoms with E-state index >= 15 is 0 Å². The van der Waals surface area contributed by atoms with E-state index in [0.717, 1.165) is 4.90 Å². The van der Waals surface area contributed by atoms with E-state index in [2.05, 4.69) is 5.32 Å². The number of hydrogen-bond donors (Lipinski definition) is 1. The van der Waals surface area contributed by atoms with Crippen LogP contribution in [-0.2, 0) is 19.1 Å². The Morgan fingerprint density at radius 3 is 2.24 bits per heavy atom. The van der Waals surface area contributed by atoms with Gasteiger partial charge in [0.25, 0.3) is 5.91 Å². The van der Waals surface area contributed by atoms with Crippen LogP contribution in [0, 0.1) is 11.8 Å². The van der Waals surface area contributed by atoms with Crippen molar-refractivity contribution >= 4 is 81.5 Å². The molecular weight excluding hydrogens is 526 g/mol. The molecule has 0 radical (unpaired) electrons. The van der Waals surface area contributed by atoms with Crippen molar-refractivity contribution in [1.29, 1.82) is 0 Å². The number of benzene rings is 2. The second-order valence-corrected chi connectivity index (χ2v) is 9.91. The Morgan fingerprint density at radius 1 is 0.971 bits per heavy atom. The third kappa shape index (κ3) is 4.89. The second-order valence-electron chi connectivity index (χ2n) is 8.00. The predicted molar refractivity (Wildman–Crippen MR) is 130 cm³/mol. The van der Waals surface area contributed by atoms with E-state index < -0.39 is 41.1 Å². The first kappa shape index (κ1) is 24.8. The molecule has 2 aromatic carbocycles. The molecule has 1 saturated heterocycles. The van der Waals surface area contributed by atoms with Crippen LogP contribution in [0.3, 0.4) is 0 Å². The van der Waals surface area contributed by atoms with Gasteiger partial charge in [0, 0.05) is 0 Å². The number of halogens is 4. The number of rotatable bonds is 5. The molecule has 0 aromatic heterocycles. The number of alkyl halides is 2. The summed E-state index contributed by atoms with van der Waals surface area (Å²) in [5, 5.41) is 2.15. The van der Waals surface area contributed by atoms with Crippen molar-refractivity contribution in [3.05, 3.63) is 58.1 Å². The number of hydrogen-bond acceptors (Lipinski definition) is 5. The Kier molecular flexibility index (Phi) is 7.38. The summed E-state index contributed by atoms with van der Waals surface area (Å²) in [6, 6.07) is 10.6. The second kappa shape index (κ2) is 10.1. The third-order valence-corrected chi connectivity index (χ3v) is 7.72. The van der Waals surface area contributed by atoms with E-state index in [-0.39, 0.29) is 38.8 Å². The van der Waals surface area contributed by atoms with Gasteiger partial charge >= 0.3 is 5.97 Å². The summed E-state index contributed by atoms with van der Waals surface area (Å²) in [7, 11) is 0. The van der Waals surface area contributed by atoms with Crippen LogP contribution >= 0.6 is 46.4 Å². The molecule has 34 heavy (non-hydrogen) atoms. The number of fused-ring (bicyclic) bond motifs is 1. The van der Waals surface area contributed by atoms with Crippen molar-refractivity contribution in [2.75, 3.05) is 16.8 Å². The zero-order valence-corrected chi connectivity index (χ0v) is 20.5. The Labute approximate surface area is 215 Å². The van der Waals surface area contributed by atoms with Gasteiger partial charge in [0.1, 0.15) is 0 Å². The lowest BCUT2D eigenvalue weighted by Crippen LogP contribution is -2.34. The zero-order valence-electron chi connectivity index (χ0n) is 17.5. The van der Waals surface area contributed by atoms with Crippen molar-refractivity contribution in [3.8, 4) is 0 Å². The molecule has 4 rings (SSSR count). The van der Waals surface area contributed by atoms with Crippen molar-refractivity contribution in [2.24, 2.45) is 11.8 Å². The molecular formula is C23H18Cl4N2O5. The van der Waals surface area contributed by atoms with Crippen LogP contribution in [-0.4, -0.2) is 41.1 Å². The molecule has 1 saturated carbocycles. The Bertz CT molecular complexity index is 1150. The van der Waals surface area contributed by atoms with Gasteiger partial charge in [-0.2, -0.15) is 0 Å². The van der Waals surface area contributed by atoms with Gasteiger partial charge in [-0.3, -0.25) is 19.3 Å². The van der Waals surface area contributed by atoms with Gasteiger partial charge < -0.3 is 10.1 Å². The van der Waals surface area contributed by atoms with Gasteiger partial charge in [-0.1, -0.05) is 35.3 Å². The molecule has 1 aliphatic heterocycles. The molecule has 1 N–H and O–H groups in total. The number of esters is 1. The fourth-order valence-electron chi connectivity index (χ4n) is 4.12. The highest BCUT2D eigenvalue weighted by Gasteiger charge is 2.52. The maximum absolute atomic E-state index is 12.9. The van der Waals surface area contributed by atoms with Crippen molar-refractivity contribution in [3.63, 3.8) is 0 Å². The first-order valence-corrected chi connectivity index (χ1v) is 12.0. The Hall–Kier alpha value is -2.32. The molecule has 2 fully saturated rings. The summed E-state index contributed by atoms with van der Waals surface area (Å²) in [5.74, 6) is -3.23. The fourth-order valence-corrected chi connectivity index (χ4v) is 5.06. The average molecular weight is 544 g/mol. The van der Waals surface area contributed by atoms with Gasteiger partial charge in [-0.15, -0.1) is 23.2 Å². The van der Waals surface area contributed by atoms with Crippen molar-refractivity contribution < 1.29 is 23.9 Å². The minimum absolute atomic E-state index is 0.0759. The predicted octanol–water partition coefficient (Wildman–Crippen LogP) is 4.90. The van der Waals surface area contributed by atoms with E-state index in [1.165, 1.54) is 18.2 Å². The summed E-state index contributed by atoms with van der Waals surface area (Å²) in [6.45, 7) is -0.578. The highest BCUT2D eigenvalue weighted by molar-refractivity contribution is 6.44. The van der Waals surface area contributed by atoms with E-state index in [1.807, 2.05) is 0 Å². The summed E-state index contributed by atoms with van der Waals surface area (Å²) in [4.78, 5) is 51.6. The molecule has 2 aliphatic rings. The van der Waals surface area contributed by atoms with Crippen LogP contribution in [0.5, 0.6) is 0 Å². The number of ether oxygens (including phenoxy) is 1. The van der Waals surface area contributed by atoms with Crippen LogP contribution in [0.15, 0.2) is 42.5 Å². The smallest absolute Gasteiger partial charge is 0.338 e. The maximum atomic E-state index is 12.9. The van der Waals surface area contributed by atoms with E-state index in [1.54, 1.807) is 24.3 Å². The Morgan fingerprint density at radius 2 is 1.59 bits per heavy atom. The van der Waals surface area contributed by atoms with Crippen LogP contribution in [0.1, 0.15) is 23.2 Å². The number of imide groups is 1. The molecule has 2 aromatic rings. The number of nitrogens with one attached hydrogen (secondary N) is 1. The largest absolute Gasteiger partial charge is 0.452 e. The van der Waals surface area contributed by atoms with Crippen LogP contribution in [0.4, 0.5) is 11.4 Å². The average Bonchev–Trinajstić information content (AvgIpc) is 3.05. The van der Waals surface area contributed by atoms with Gasteiger partial charge in [0.15, 0.2) is 6.61 Å². The molecule has 7 nitrogen and oxygen atoms in total. The third-order valence-electron chi connectivity index (χ3n) is 5.81. The Balaban J connectivity index is 1.42. The van der Waals surface area contributed by atoms with E-state index in [0.29, 0.717) is 12.8 Å². The van der Waals surface area contributed by atoms with Crippen LogP contribution in [0.25, 0.3) is 0 Å². The van der Waals surface area contributed by atoms with Gasteiger partial charge in [0.2, 0.25) is 11.8 Å². The highest BCUT2D eigenvalue weighted by Crippen LogP contribution is 2.43. The number of anilines is 2. The molecule has 0 spiro atoms. The number of carbonyl (C=O) groups excluding carboxylic acids is 4. The highest BCUT2D eigenvalue weighted by atomic mass is 35.5. The fraction of sp³-hybridized carbons (Fsp3) is 0.304. The summed E-state index contributed by atoms with van der Waals surface area (Å²) in [5.41, 5.74) is 0.598. The summed E-state index contributed by atoms with van der Waals surface area (Å²) >= 11 is 24.4. The molecule has 0 unspecified atom stereocenters. The number of amides is 3. The number of nitrogens with zero attached hydrogens (tertiary/aromatic N) is 1. The van der Waals surface area contributed by atoms with Crippen molar-refractivity contribution in [2.45, 2.75) is 23.6 Å². The monoisotopic (exact) mass is 542 g/mol.